The number of nitrogens with one attached hydrogen (secondary N) is 2. The van der Waals surface area contributed by atoms with Crippen molar-refractivity contribution in [1.29, 1.82) is 0 Å². The van der Waals surface area contributed by atoms with Gasteiger partial charge in [0.25, 0.3) is 0 Å². The first-order valence-corrected chi connectivity index (χ1v) is 9.12. The Morgan fingerprint density at radius 1 is 1.00 bits per heavy atom. The van der Waals surface area contributed by atoms with Crippen LogP contribution in [0.25, 0.3) is 0 Å². The highest BCUT2D eigenvalue weighted by atomic mass is 16.5. The summed E-state index contributed by atoms with van der Waals surface area (Å²) in [6.07, 6.45) is 0.107. The van der Waals surface area contributed by atoms with Crippen LogP contribution in [0.3, 0.4) is 0 Å². The lowest BCUT2D eigenvalue weighted by molar-refractivity contribution is -0.122. The van der Waals surface area contributed by atoms with Gasteiger partial charge in [0.15, 0.2) is 0 Å². The van der Waals surface area contributed by atoms with Gasteiger partial charge in [-0.15, -0.1) is 0 Å². The maximum Gasteiger partial charge on any atom is 0.229 e. The van der Waals surface area contributed by atoms with Crippen molar-refractivity contribution >= 4 is 34.8 Å². The van der Waals surface area contributed by atoms with E-state index in [1.165, 1.54) is 14.0 Å². The molecule has 8 heteroatoms. The van der Waals surface area contributed by atoms with Crippen LogP contribution < -0.4 is 25.0 Å². The maximum atomic E-state index is 12.7. The summed E-state index contributed by atoms with van der Waals surface area (Å²) in [5.41, 5.74) is 1.81. The molecule has 0 radical (unpaired) electrons. The van der Waals surface area contributed by atoms with Gasteiger partial charge in [-0.3, -0.25) is 14.4 Å². The molecule has 152 valence electrons. The van der Waals surface area contributed by atoms with E-state index in [1.807, 2.05) is 0 Å². The van der Waals surface area contributed by atoms with Gasteiger partial charge in [-0.05, 0) is 36.4 Å². The van der Waals surface area contributed by atoms with Crippen LogP contribution in [0.2, 0.25) is 0 Å². The first-order valence-electron chi connectivity index (χ1n) is 9.12. The van der Waals surface area contributed by atoms with Crippen molar-refractivity contribution in [2.45, 2.75) is 13.3 Å². The predicted molar refractivity (Wildman–Crippen MR) is 109 cm³/mol. The van der Waals surface area contributed by atoms with Crippen molar-refractivity contribution in [3.8, 4) is 11.5 Å². The third-order valence-electron chi connectivity index (χ3n) is 4.65. The number of hydrogen-bond donors (Lipinski definition) is 2. The summed E-state index contributed by atoms with van der Waals surface area (Å²) in [7, 11) is 3.07. The molecule has 1 saturated heterocycles. The Morgan fingerprint density at radius 2 is 1.66 bits per heavy atom. The lowest BCUT2D eigenvalue weighted by Crippen LogP contribution is -2.28. The fourth-order valence-electron chi connectivity index (χ4n) is 3.21. The largest absolute Gasteiger partial charge is 0.497 e. The number of methoxy groups -OCH3 is 2. The van der Waals surface area contributed by atoms with Crippen LogP contribution in [-0.4, -0.2) is 38.5 Å². The average Bonchev–Trinajstić information content (AvgIpc) is 3.10. The van der Waals surface area contributed by atoms with Gasteiger partial charge >= 0.3 is 0 Å². The lowest BCUT2D eigenvalue weighted by Gasteiger charge is -2.20. The van der Waals surface area contributed by atoms with Crippen molar-refractivity contribution in [1.82, 2.24) is 0 Å². The van der Waals surface area contributed by atoms with E-state index in [1.54, 1.807) is 54.5 Å². The Kier molecular flexibility index (Phi) is 6.01. The van der Waals surface area contributed by atoms with Crippen molar-refractivity contribution in [3.63, 3.8) is 0 Å². The Labute approximate surface area is 168 Å². The van der Waals surface area contributed by atoms with Gasteiger partial charge in [0, 0.05) is 37.3 Å². The summed E-state index contributed by atoms with van der Waals surface area (Å²) >= 11 is 0. The Bertz CT molecular complexity index is 926. The first-order chi connectivity index (χ1) is 13.9. The van der Waals surface area contributed by atoms with Crippen LogP contribution in [0.1, 0.15) is 13.3 Å². The molecule has 3 rings (SSSR count). The van der Waals surface area contributed by atoms with Gasteiger partial charge in [0.05, 0.1) is 25.8 Å². The normalized spacial score (nSPS) is 15.8. The molecule has 0 saturated carbocycles. The quantitative estimate of drug-likeness (QED) is 0.781. The number of amides is 3. The SMILES string of the molecule is COc1ccc(OC)c(N2C[C@H](C(=O)Nc3ccc(NC(C)=O)cc3)CC2=O)c1. The number of rotatable bonds is 6. The number of anilines is 3. The summed E-state index contributed by atoms with van der Waals surface area (Å²) in [5, 5.41) is 5.49. The van der Waals surface area contributed by atoms with Crippen molar-refractivity contribution in [3.05, 3.63) is 42.5 Å². The Hall–Kier alpha value is -3.55. The predicted octanol–water partition coefficient (Wildman–Crippen LogP) is 2.65. The van der Waals surface area contributed by atoms with Crippen molar-refractivity contribution < 1.29 is 23.9 Å². The molecule has 1 aliphatic rings. The molecule has 29 heavy (non-hydrogen) atoms. The number of ether oxygens (including phenoxy) is 2. The summed E-state index contributed by atoms with van der Waals surface area (Å²) in [5.74, 6) is 0.0787. The number of nitrogens with zero attached hydrogens (tertiary/aromatic N) is 1. The number of hydrogen-bond acceptors (Lipinski definition) is 5. The van der Waals surface area contributed by atoms with Gasteiger partial charge in [0.1, 0.15) is 11.5 Å². The third kappa shape index (κ3) is 4.66. The monoisotopic (exact) mass is 397 g/mol. The minimum absolute atomic E-state index is 0.107. The van der Waals surface area contributed by atoms with Crippen LogP contribution in [-0.2, 0) is 14.4 Å². The van der Waals surface area contributed by atoms with Crippen LogP contribution in [0.4, 0.5) is 17.1 Å². The van der Waals surface area contributed by atoms with Crippen LogP contribution in [0, 0.1) is 5.92 Å². The summed E-state index contributed by atoms with van der Waals surface area (Å²) in [4.78, 5) is 37.9. The standard InChI is InChI=1S/C21H23N3O5/c1-13(25)22-15-4-6-16(7-5-15)23-21(27)14-10-20(26)24(12-14)18-11-17(28-2)8-9-19(18)29-3/h4-9,11,14H,10,12H2,1-3H3,(H,22,25)(H,23,27)/t14-/m1/s1. The zero-order chi connectivity index (χ0) is 21.0. The van der Waals surface area contributed by atoms with Crippen molar-refractivity contribution in [2.75, 3.05) is 36.3 Å². The molecule has 0 aliphatic carbocycles. The number of carbonyl (C=O) groups excluding carboxylic acids is 3. The van der Waals surface area contributed by atoms with Gasteiger partial charge in [-0.25, -0.2) is 0 Å². The number of benzene rings is 2. The van der Waals surface area contributed by atoms with E-state index in [4.69, 9.17) is 9.47 Å². The molecule has 0 bridgehead atoms. The van der Waals surface area contributed by atoms with Gasteiger partial charge in [0.2, 0.25) is 17.7 Å². The molecule has 1 atom stereocenters. The fourth-order valence-corrected chi connectivity index (χ4v) is 3.21. The van der Waals surface area contributed by atoms with Gasteiger partial charge in [-0.1, -0.05) is 0 Å². The molecule has 2 N–H and O–H groups in total. The molecule has 3 amide bonds. The van der Waals surface area contributed by atoms with E-state index in [9.17, 15) is 14.4 Å². The molecule has 1 heterocycles. The first kappa shape index (κ1) is 20.2. The molecule has 1 aliphatic heterocycles. The van der Waals surface area contributed by atoms with Crippen molar-refractivity contribution in [2.24, 2.45) is 5.92 Å². The highest BCUT2D eigenvalue weighted by Crippen LogP contribution is 2.36. The van der Waals surface area contributed by atoms with E-state index >= 15 is 0 Å². The van der Waals surface area contributed by atoms with Crippen LogP contribution >= 0.6 is 0 Å². The molecule has 0 aromatic heterocycles. The molecule has 2 aromatic rings. The fraction of sp³-hybridized carbons (Fsp3) is 0.286. The second-order valence-corrected chi connectivity index (χ2v) is 6.69. The maximum absolute atomic E-state index is 12.7. The second kappa shape index (κ2) is 8.64. The highest BCUT2D eigenvalue weighted by molar-refractivity contribution is 6.04. The minimum atomic E-state index is -0.492. The molecule has 1 fully saturated rings. The van der Waals surface area contributed by atoms with E-state index in [0.29, 0.717) is 28.6 Å². The summed E-state index contributed by atoms with van der Waals surface area (Å²) in [6, 6.07) is 12.0. The summed E-state index contributed by atoms with van der Waals surface area (Å²) in [6.45, 7) is 1.67. The van der Waals surface area contributed by atoms with Crippen LogP contribution in [0.5, 0.6) is 11.5 Å². The summed E-state index contributed by atoms with van der Waals surface area (Å²) < 4.78 is 10.6. The highest BCUT2D eigenvalue weighted by Gasteiger charge is 2.36. The van der Waals surface area contributed by atoms with Crippen LogP contribution in [0.15, 0.2) is 42.5 Å². The zero-order valence-electron chi connectivity index (χ0n) is 16.5. The van der Waals surface area contributed by atoms with E-state index in [-0.39, 0.29) is 30.7 Å². The molecule has 0 spiro atoms. The molecular formula is C21H23N3O5. The average molecular weight is 397 g/mol. The third-order valence-corrected chi connectivity index (χ3v) is 4.65. The minimum Gasteiger partial charge on any atom is -0.497 e. The molecule has 2 aromatic carbocycles. The lowest BCUT2D eigenvalue weighted by atomic mass is 10.1. The molecule has 8 nitrogen and oxygen atoms in total. The van der Waals surface area contributed by atoms with E-state index < -0.39 is 5.92 Å². The molecular weight excluding hydrogens is 374 g/mol. The zero-order valence-corrected chi connectivity index (χ0v) is 16.5. The Morgan fingerprint density at radius 3 is 2.24 bits per heavy atom. The second-order valence-electron chi connectivity index (χ2n) is 6.69. The smallest absolute Gasteiger partial charge is 0.229 e. The van der Waals surface area contributed by atoms with Gasteiger partial charge < -0.3 is 25.0 Å². The van der Waals surface area contributed by atoms with E-state index in [0.717, 1.165) is 0 Å². The topological polar surface area (TPSA) is 97.0 Å². The molecule has 0 unspecified atom stereocenters. The Balaban J connectivity index is 1.70. The van der Waals surface area contributed by atoms with Gasteiger partial charge in [-0.2, -0.15) is 0 Å². The van der Waals surface area contributed by atoms with E-state index in [2.05, 4.69) is 10.6 Å². The number of carbonyl (C=O) groups is 3.